The first-order valence-electron chi connectivity index (χ1n) is 8.49. The van der Waals surface area contributed by atoms with Crippen LogP contribution in [-0.4, -0.2) is 43.6 Å². The summed E-state index contributed by atoms with van der Waals surface area (Å²) >= 11 is 2.05. The van der Waals surface area contributed by atoms with Crippen molar-refractivity contribution in [1.82, 2.24) is 10.6 Å². The van der Waals surface area contributed by atoms with Crippen LogP contribution in [-0.2, 0) is 6.54 Å². The molecule has 1 saturated heterocycles. The fourth-order valence-corrected chi connectivity index (χ4v) is 3.31. The van der Waals surface area contributed by atoms with E-state index in [-0.39, 0.29) is 24.0 Å². The number of thioether (sulfide) groups is 1. The average molecular weight is 462 g/mol. The third-order valence-corrected chi connectivity index (χ3v) is 5.30. The summed E-state index contributed by atoms with van der Waals surface area (Å²) in [5, 5.41) is 6.82. The predicted molar refractivity (Wildman–Crippen MR) is 119 cm³/mol. The second kappa shape index (κ2) is 11.1. The minimum atomic E-state index is 0. The molecule has 0 bridgehead atoms. The fraction of sp³-hybridized carbons (Fsp3) is 0.611. The second-order valence-corrected chi connectivity index (χ2v) is 7.59. The van der Waals surface area contributed by atoms with E-state index in [4.69, 9.17) is 0 Å². The Labute approximate surface area is 168 Å². The van der Waals surface area contributed by atoms with Crippen LogP contribution in [0.15, 0.2) is 29.3 Å². The number of nitrogens with one attached hydrogen (secondary N) is 2. The molecule has 1 aliphatic heterocycles. The van der Waals surface area contributed by atoms with Gasteiger partial charge in [-0.25, -0.2) is 0 Å². The molecule has 1 aromatic carbocycles. The molecule has 0 radical (unpaired) electrons. The fourth-order valence-electron chi connectivity index (χ4n) is 2.41. The molecule has 0 amide bonds. The van der Waals surface area contributed by atoms with Crippen LogP contribution in [0, 0.1) is 5.92 Å². The van der Waals surface area contributed by atoms with Gasteiger partial charge in [-0.1, -0.05) is 26.0 Å². The van der Waals surface area contributed by atoms with E-state index >= 15 is 0 Å². The van der Waals surface area contributed by atoms with Crippen molar-refractivity contribution < 1.29 is 0 Å². The van der Waals surface area contributed by atoms with E-state index in [1.165, 1.54) is 22.8 Å². The van der Waals surface area contributed by atoms with Crippen LogP contribution in [0.5, 0.6) is 0 Å². The van der Waals surface area contributed by atoms with Crippen LogP contribution in [0.2, 0.25) is 0 Å². The lowest BCUT2D eigenvalue weighted by atomic mass is 10.1. The van der Waals surface area contributed by atoms with E-state index in [2.05, 4.69) is 65.6 Å². The Morgan fingerprint density at radius 3 is 2.33 bits per heavy atom. The molecule has 0 aromatic heterocycles. The monoisotopic (exact) mass is 462 g/mol. The summed E-state index contributed by atoms with van der Waals surface area (Å²) in [4.78, 5) is 6.77. The van der Waals surface area contributed by atoms with Gasteiger partial charge < -0.3 is 15.5 Å². The molecule has 1 unspecified atom stereocenters. The van der Waals surface area contributed by atoms with Gasteiger partial charge in [-0.05, 0) is 30.5 Å². The Bertz CT molecular complexity index is 498. The van der Waals surface area contributed by atoms with Gasteiger partial charge in [0.1, 0.15) is 0 Å². The number of aliphatic imine (C=N–C) groups is 1. The lowest BCUT2D eigenvalue weighted by Crippen LogP contribution is -2.43. The Morgan fingerprint density at radius 2 is 1.79 bits per heavy atom. The van der Waals surface area contributed by atoms with Crippen molar-refractivity contribution in [3.63, 3.8) is 0 Å². The SMILES string of the molecule is CN=C(NCc1ccc(N2CCSCC2)cc1)NC(C)C(C)C.I. The van der Waals surface area contributed by atoms with Crippen LogP contribution in [0.25, 0.3) is 0 Å². The number of benzene rings is 1. The van der Waals surface area contributed by atoms with Crippen molar-refractivity contribution in [2.24, 2.45) is 10.9 Å². The second-order valence-electron chi connectivity index (χ2n) is 6.37. The molecule has 0 saturated carbocycles. The van der Waals surface area contributed by atoms with Gasteiger partial charge in [0.2, 0.25) is 0 Å². The smallest absolute Gasteiger partial charge is 0.191 e. The minimum absolute atomic E-state index is 0. The quantitative estimate of drug-likeness (QED) is 0.399. The molecule has 0 aliphatic carbocycles. The number of hydrogen-bond donors (Lipinski definition) is 2. The van der Waals surface area contributed by atoms with Crippen molar-refractivity contribution in [3.05, 3.63) is 29.8 Å². The first-order valence-corrected chi connectivity index (χ1v) is 9.64. The third kappa shape index (κ3) is 6.70. The van der Waals surface area contributed by atoms with Crippen LogP contribution >= 0.6 is 35.7 Å². The summed E-state index contributed by atoms with van der Waals surface area (Å²) in [6.07, 6.45) is 0. The molecule has 1 heterocycles. The highest BCUT2D eigenvalue weighted by Gasteiger charge is 2.11. The zero-order chi connectivity index (χ0) is 16.7. The van der Waals surface area contributed by atoms with Crippen molar-refractivity contribution in [2.75, 3.05) is 36.5 Å². The standard InChI is InChI=1S/C18H30N4S.HI/c1-14(2)15(3)21-18(19-4)20-13-16-5-7-17(8-6-16)22-9-11-23-12-10-22;/h5-8,14-15H,9-13H2,1-4H3,(H2,19,20,21);1H. The molecule has 1 atom stereocenters. The maximum Gasteiger partial charge on any atom is 0.191 e. The molecule has 2 N–H and O–H groups in total. The first kappa shape index (κ1) is 21.4. The lowest BCUT2D eigenvalue weighted by Gasteiger charge is -2.28. The largest absolute Gasteiger partial charge is 0.370 e. The van der Waals surface area contributed by atoms with E-state index in [1.807, 2.05) is 18.8 Å². The number of hydrogen-bond acceptors (Lipinski definition) is 3. The van der Waals surface area contributed by atoms with Gasteiger partial charge >= 0.3 is 0 Å². The van der Waals surface area contributed by atoms with Crippen molar-refractivity contribution >= 4 is 47.4 Å². The van der Waals surface area contributed by atoms with Crippen molar-refractivity contribution in [3.8, 4) is 0 Å². The summed E-state index contributed by atoms with van der Waals surface area (Å²) in [5.74, 6) is 3.91. The van der Waals surface area contributed by atoms with E-state index in [0.29, 0.717) is 12.0 Å². The third-order valence-electron chi connectivity index (χ3n) is 4.36. The highest BCUT2D eigenvalue weighted by molar-refractivity contribution is 14.0. The Hall–Kier alpha value is -0.630. The Morgan fingerprint density at radius 1 is 1.17 bits per heavy atom. The molecule has 1 aromatic rings. The molecule has 136 valence electrons. The van der Waals surface area contributed by atoms with Crippen LogP contribution < -0.4 is 15.5 Å². The summed E-state index contributed by atoms with van der Waals surface area (Å²) in [5.41, 5.74) is 2.62. The van der Waals surface area contributed by atoms with Gasteiger partial charge in [0, 0.05) is 49.9 Å². The van der Waals surface area contributed by atoms with E-state index in [1.54, 1.807) is 0 Å². The van der Waals surface area contributed by atoms with Crippen molar-refractivity contribution in [2.45, 2.75) is 33.4 Å². The predicted octanol–water partition coefficient (Wildman–Crippen LogP) is 3.57. The average Bonchev–Trinajstić information content (AvgIpc) is 2.59. The summed E-state index contributed by atoms with van der Waals surface area (Å²) in [7, 11) is 1.82. The van der Waals surface area contributed by atoms with Gasteiger partial charge in [-0.15, -0.1) is 24.0 Å². The molecule has 1 aliphatic rings. The Kier molecular flexibility index (Phi) is 9.88. The van der Waals surface area contributed by atoms with Gasteiger partial charge in [0.25, 0.3) is 0 Å². The summed E-state index contributed by atoms with van der Waals surface area (Å²) in [6, 6.07) is 9.30. The number of rotatable bonds is 5. The Balaban J connectivity index is 0.00000288. The highest BCUT2D eigenvalue weighted by atomic mass is 127. The van der Waals surface area contributed by atoms with E-state index in [9.17, 15) is 0 Å². The van der Waals surface area contributed by atoms with Crippen molar-refractivity contribution in [1.29, 1.82) is 0 Å². The number of guanidine groups is 1. The maximum absolute atomic E-state index is 4.30. The molecule has 0 spiro atoms. The zero-order valence-corrected chi connectivity index (χ0v) is 18.4. The van der Waals surface area contributed by atoms with Gasteiger partial charge in [-0.3, -0.25) is 4.99 Å². The maximum atomic E-state index is 4.30. The normalized spacial score (nSPS) is 16.5. The minimum Gasteiger partial charge on any atom is -0.370 e. The number of nitrogens with zero attached hydrogens (tertiary/aromatic N) is 2. The number of halogens is 1. The molecule has 24 heavy (non-hydrogen) atoms. The van der Waals surface area contributed by atoms with Gasteiger partial charge in [0.05, 0.1) is 0 Å². The lowest BCUT2D eigenvalue weighted by molar-refractivity contribution is 0.481. The molecule has 2 rings (SSSR count). The molecule has 6 heteroatoms. The molecular formula is C18H31IN4S. The van der Waals surface area contributed by atoms with E-state index < -0.39 is 0 Å². The van der Waals surface area contributed by atoms with Crippen LogP contribution in [0.3, 0.4) is 0 Å². The highest BCUT2D eigenvalue weighted by Crippen LogP contribution is 2.19. The zero-order valence-electron chi connectivity index (χ0n) is 15.2. The molecular weight excluding hydrogens is 431 g/mol. The first-order chi connectivity index (χ1) is 11.1. The molecule has 1 fully saturated rings. The van der Waals surface area contributed by atoms with Crippen LogP contribution in [0.4, 0.5) is 5.69 Å². The number of anilines is 1. The van der Waals surface area contributed by atoms with Gasteiger partial charge in [0.15, 0.2) is 5.96 Å². The topological polar surface area (TPSA) is 39.7 Å². The van der Waals surface area contributed by atoms with E-state index in [0.717, 1.165) is 25.6 Å². The molecule has 4 nitrogen and oxygen atoms in total. The summed E-state index contributed by atoms with van der Waals surface area (Å²) in [6.45, 7) is 9.72. The van der Waals surface area contributed by atoms with Gasteiger partial charge in [-0.2, -0.15) is 11.8 Å². The van der Waals surface area contributed by atoms with Crippen LogP contribution in [0.1, 0.15) is 26.3 Å². The summed E-state index contributed by atoms with van der Waals surface area (Å²) < 4.78 is 0.